The third-order valence-corrected chi connectivity index (χ3v) is 10.5. The van der Waals surface area contributed by atoms with Crippen LogP contribution >= 0.6 is 0 Å². The molecule has 0 saturated heterocycles. The zero-order valence-corrected chi connectivity index (χ0v) is 19.6. The van der Waals surface area contributed by atoms with Crippen molar-refractivity contribution in [2.75, 3.05) is 10.6 Å². The van der Waals surface area contributed by atoms with Crippen molar-refractivity contribution in [2.45, 2.75) is 78.4 Å². The Bertz CT molecular complexity index is 895. The van der Waals surface area contributed by atoms with Crippen molar-refractivity contribution in [3.63, 3.8) is 0 Å². The van der Waals surface area contributed by atoms with Crippen molar-refractivity contribution < 1.29 is 19.8 Å². The number of rotatable bonds is 4. The van der Waals surface area contributed by atoms with Crippen LogP contribution in [0.5, 0.6) is 0 Å². The molecule has 0 aromatic heterocycles. The van der Waals surface area contributed by atoms with Crippen LogP contribution in [0.15, 0.2) is 24.3 Å². The summed E-state index contributed by atoms with van der Waals surface area (Å²) in [6, 6.07) is 7.23. The number of fused-ring (bicyclic) bond motifs is 4. The normalized spacial score (nSPS) is 40.4. The minimum absolute atomic E-state index is 0.169. The summed E-state index contributed by atoms with van der Waals surface area (Å²) in [5.74, 6) is 0.353. The van der Waals surface area contributed by atoms with Gasteiger partial charge in [-0.3, -0.25) is 9.59 Å². The standard InChI is InChI=1S/C26H36N2O4/c1-23(2)15-9-11-25(23,19(29)13-15)21(31)27-17-7-5-6-8-18(17)28-22(32)26-12-10-16(14-20(26)30)24(26,3)4/h5-8,15-16,19-20,29-30H,9-14H2,1-4H3,(H,27,31)(H,28,32)/t15?,16?,19-,20-,25?,26?/m1/s1. The molecule has 6 nitrogen and oxygen atoms in total. The van der Waals surface area contributed by atoms with Gasteiger partial charge in [0.2, 0.25) is 11.8 Å². The van der Waals surface area contributed by atoms with E-state index in [4.69, 9.17) is 0 Å². The van der Waals surface area contributed by atoms with Crippen LogP contribution in [0.2, 0.25) is 0 Å². The van der Waals surface area contributed by atoms with Crippen LogP contribution in [-0.2, 0) is 9.59 Å². The zero-order valence-electron chi connectivity index (χ0n) is 19.6. The Morgan fingerprint density at radius 1 is 0.781 bits per heavy atom. The summed E-state index contributed by atoms with van der Waals surface area (Å²) in [6.07, 6.45) is 3.28. The van der Waals surface area contributed by atoms with Gasteiger partial charge in [-0.25, -0.2) is 0 Å². The Balaban J connectivity index is 1.41. The molecule has 4 unspecified atom stereocenters. The average molecular weight is 441 g/mol. The first-order valence-electron chi connectivity index (χ1n) is 12.1. The second-order valence-electron chi connectivity index (χ2n) is 11.8. The predicted molar refractivity (Wildman–Crippen MR) is 123 cm³/mol. The van der Waals surface area contributed by atoms with Crippen LogP contribution in [0, 0.1) is 33.5 Å². The molecule has 4 bridgehead atoms. The second kappa shape index (κ2) is 6.80. The number of carbonyl (C=O) groups excluding carboxylic acids is 2. The molecule has 2 amide bonds. The monoisotopic (exact) mass is 440 g/mol. The molecule has 32 heavy (non-hydrogen) atoms. The van der Waals surface area contributed by atoms with Crippen LogP contribution in [0.25, 0.3) is 0 Å². The molecule has 4 aliphatic rings. The summed E-state index contributed by atoms with van der Waals surface area (Å²) < 4.78 is 0. The summed E-state index contributed by atoms with van der Waals surface area (Å²) in [7, 11) is 0. The van der Waals surface area contributed by atoms with Gasteiger partial charge in [0.15, 0.2) is 0 Å². The topological polar surface area (TPSA) is 98.7 Å². The van der Waals surface area contributed by atoms with Gasteiger partial charge in [-0.1, -0.05) is 39.8 Å². The van der Waals surface area contributed by atoms with Gasteiger partial charge in [0.1, 0.15) is 0 Å². The summed E-state index contributed by atoms with van der Waals surface area (Å²) >= 11 is 0. The Kier molecular flexibility index (Phi) is 4.65. The average Bonchev–Trinajstić information content (AvgIpc) is 3.29. The van der Waals surface area contributed by atoms with Gasteiger partial charge in [-0.05, 0) is 73.3 Å². The van der Waals surface area contributed by atoms with Crippen molar-refractivity contribution in [3.05, 3.63) is 24.3 Å². The first-order chi connectivity index (χ1) is 15.0. The SMILES string of the molecule is CC1(C)C2CCC1(C(=O)Nc1ccccc1NC(=O)C13CCC(C[C@H]1O)C3(C)C)[C@H](O)C2. The van der Waals surface area contributed by atoms with Gasteiger partial charge in [-0.15, -0.1) is 0 Å². The van der Waals surface area contributed by atoms with Crippen LogP contribution in [0.3, 0.4) is 0 Å². The molecule has 1 aromatic carbocycles. The van der Waals surface area contributed by atoms with Gasteiger partial charge >= 0.3 is 0 Å². The van der Waals surface area contributed by atoms with E-state index in [1.54, 1.807) is 12.1 Å². The molecule has 174 valence electrons. The Morgan fingerprint density at radius 2 is 1.16 bits per heavy atom. The van der Waals surface area contributed by atoms with Crippen LogP contribution in [-0.4, -0.2) is 34.2 Å². The molecular formula is C26H36N2O4. The minimum Gasteiger partial charge on any atom is -0.392 e. The molecule has 5 rings (SSSR count). The van der Waals surface area contributed by atoms with Gasteiger partial charge in [0.25, 0.3) is 0 Å². The number of hydrogen-bond acceptors (Lipinski definition) is 4. The van der Waals surface area contributed by atoms with E-state index in [2.05, 4.69) is 38.3 Å². The van der Waals surface area contributed by atoms with E-state index in [9.17, 15) is 19.8 Å². The number of hydrogen-bond donors (Lipinski definition) is 4. The Hall–Kier alpha value is -1.92. The quantitative estimate of drug-likeness (QED) is 0.570. The number of amides is 2. The zero-order chi connectivity index (χ0) is 23.1. The fraction of sp³-hybridized carbons (Fsp3) is 0.692. The third-order valence-electron chi connectivity index (χ3n) is 10.5. The Morgan fingerprint density at radius 3 is 1.44 bits per heavy atom. The number of anilines is 2. The molecular weight excluding hydrogens is 404 g/mol. The van der Waals surface area contributed by atoms with Gasteiger partial charge < -0.3 is 20.8 Å². The molecule has 0 heterocycles. The van der Waals surface area contributed by atoms with E-state index < -0.39 is 23.0 Å². The maximum absolute atomic E-state index is 13.6. The van der Waals surface area contributed by atoms with E-state index in [0.717, 1.165) is 12.8 Å². The lowest BCUT2D eigenvalue weighted by atomic mass is 9.67. The first-order valence-corrected chi connectivity index (χ1v) is 12.1. The molecule has 0 aliphatic heterocycles. The Labute approximate surface area is 190 Å². The largest absolute Gasteiger partial charge is 0.392 e. The summed E-state index contributed by atoms with van der Waals surface area (Å²) in [5, 5.41) is 27.7. The lowest BCUT2D eigenvalue weighted by Crippen LogP contribution is -2.49. The van der Waals surface area contributed by atoms with Crippen LogP contribution < -0.4 is 10.6 Å². The third kappa shape index (κ3) is 2.48. The highest BCUT2D eigenvalue weighted by Gasteiger charge is 2.69. The van der Waals surface area contributed by atoms with Crippen molar-refractivity contribution in [1.82, 2.24) is 0 Å². The molecule has 4 aliphatic carbocycles. The van der Waals surface area contributed by atoms with Crippen molar-refractivity contribution >= 4 is 23.2 Å². The molecule has 6 heteroatoms. The molecule has 4 fully saturated rings. The molecule has 4 saturated carbocycles. The maximum Gasteiger partial charge on any atom is 0.233 e. The van der Waals surface area contributed by atoms with E-state index in [1.807, 2.05) is 12.1 Å². The molecule has 6 atom stereocenters. The number of benzene rings is 1. The maximum atomic E-state index is 13.6. The summed E-state index contributed by atoms with van der Waals surface area (Å²) in [4.78, 5) is 27.1. The van der Waals surface area contributed by atoms with E-state index in [1.165, 1.54) is 0 Å². The highest BCUT2D eigenvalue weighted by atomic mass is 16.3. The number of carbonyl (C=O) groups is 2. The van der Waals surface area contributed by atoms with Gasteiger partial charge in [0, 0.05) is 0 Å². The van der Waals surface area contributed by atoms with Crippen molar-refractivity contribution in [3.8, 4) is 0 Å². The van der Waals surface area contributed by atoms with Crippen LogP contribution in [0.1, 0.15) is 66.2 Å². The molecule has 0 spiro atoms. The lowest BCUT2D eigenvalue weighted by molar-refractivity contribution is -0.138. The number of nitrogens with one attached hydrogen (secondary N) is 2. The minimum atomic E-state index is -0.810. The smallest absolute Gasteiger partial charge is 0.233 e. The van der Waals surface area contributed by atoms with Gasteiger partial charge in [0.05, 0.1) is 34.4 Å². The first kappa shape index (κ1) is 21.9. The highest BCUT2D eigenvalue weighted by molar-refractivity contribution is 6.04. The number of para-hydroxylation sites is 2. The number of aliphatic hydroxyl groups excluding tert-OH is 2. The fourth-order valence-corrected chi connectivity index (χ4v) is 8.14. The summed E-state index contributed by atoms with van der Waals surface area (Å²) in [6.45, 7) is 8.36. The molecule has 4 N–H and O–H groups in total. The van der Waals surface area contributed by atoms with E-state index in [0.29, 0.717) is 48.9 Å². The van der Waals surface area contributed by atoms with Crippen LogP contribution in [0.4, 0.5) is 11.4 Å². The molecule has 0 radical (unpaired) electrons. The predicted octanol–water partition coefficient (Wildman–Crippen LogP) is 3.94. The second-order valence-corrected chi connectivity index (χ2v) is 11.8. The highest BCUT2D eigenvalue weighted by Crippen LogP contribution is 2.67. The summed E-state index contributed by atoms with van der Waals surface area (Å²) in [5.41, 5.74) is -1.09. The molecule has 1 aromatic rings. The van der Waals surface area contributed by atoms with Gasteiger partial charge in [-0.2, -0.15) is 0 Å². The van der Waals surface area contributed by atoms with Crippen molar-refractivity contribution in [2.24, 2.45) is 33.5 Å². The number of aliphatic hydroxyl groups is 2. The fourth-order valence-electron chi connectivity index (χ4n) is 8.14. The van der Waals surface area contributed by atoms with Crippen molar-refractivity contribution in [1.29, 1.82) is 0 Å². The van der Waals surface area contributed by atoms with E-state index >= 15 is 0 Å². The van der Waals surface area contributed by atoms with E-state index in [-0.39, 0.29) is 22.6 Å². The lowest BCUT2D eigenvalue weighted by Gasteiger charge is -2.39.